The molecular formula is C34H52Cl2N6O7. The summed E-state index contributed by atoms with van der Waals surface area (Å²) in [6, 6.07) is -4.74. The minimum atomic E-state index is -1.27. The number of imide groups is 1. The van der Waals surface area contributed by atoms with Gasteiger partial charge in [0.2, 0.25) is 29.4 Å². The van der Waals surface area contributed by atoms with Gasteiger partial charge in [0.1, 0.15) is 16.4 Å². The summed E-state index contributed by atoms with van der Waals surface area (Å²) in [5.41, 5.74) is -1.39. The molecule has 0 bridgehead atoms. The van der Waals surface area contributed by atoms with Gasteiger partial charge in [-0.3, -0.25) is 33.7 Å². The molecule has 4 N–H and O–H groups in total. The largest absolute Gasteiger partial charge is 0.346 e. The zero-order valence-corrected chi connectivity index (χ0v) is 31.1. The Morgan fingerprint density at radius 3 is 2.12 bits per heavy atom. The van der Waals surface area contributed by atoms with E-state index < -0.39 is 80.7 Å². The van der Waals surface area contributed by atoms with Crippen molar-refractivity contribution >= 4 is 64.6 Å². The van der Waals surface area contributed by atoms with Gasteiger partial charge in [-0.05, 0) is 23.7 Å². The van der Waals surface area contributed by atoms with Gasteiger partial charge in [-0.1, -0.05) is 67.4 Å². The second-order valence-corrected chi connectivity index (χ2v) is 16.8. The van der Waals surface area contributed by atoms with Crippen molar-refractivity contribution in [3.05, 3.63) is 12.7 Å². The highest BCUT2D eigenvalue weighted by Crippen LogP contribution is 2.65. The minimum absolute atomic E-state index is 0.0164. The van der Waals surface area contributed by atoms with Gasteiger partial charge in [-0.15, -0.1) is 29.8 Å². The van der Waals surface area contributed by atoms with E-state index in [-0.39, 0.29) is 50.7 Å². The summed E-state index contributed by atoms with van der Waals surface area (Å²) in [6.07, 6.45) is 3.90. The number of carbonyl (C=O) groups excluding carboxylic acids is 7. The van der Waals surface area contributed by atoms with E-state index in [1.165, 1.54) is 15.9 Å². The molecule has 1 unspecified atom stereocenters. The van der Waals surface area contributed by atoms with Gasteiger partial charge in [-0.2, -0.15) is 0 Å². The molecule has 2 heterocycles. The molecule has 15 heteroatoms. The van der Waals surface area contributed by atoms with Crippen LogP contribution in [0.5, 0.6) is 0 Å². The molecule has 6 atom stereocenters. The molecule has 49 heavy (non-hydrogen) atoms. The van der Waals surface area contributed by atoms with Gasteiger partial charge in [0, 0.05) is 44.3 Å². The fraction of sp³-hybridized carbons (Fsp3) is 0.735. The summed E-state index contributed by atoms with van der Waals surface area (Å²) < 4.78 is -1.27. The maximum absolute atomic E-state index is 14.3. The van der Waals surface area contributed by atoms with Crippen LogP contribution in [0.15, 0.2) is 12.7 Å². The molecule has 0 aromatic carbocycles. The van der Waals surface area contributed by atoms with Crippen LogP contribution in [0.3, 0.4) is 0 Å². The fourth-order valence-corrected chi connectivity index (χ4v) is 7.17. The van der Waals surface area contributed by atoms with Crippen LogP contribution >= 0.6 is 23.2 Å². The predicted molar refractivity (Wildman–Crippen MR) is 185 cm³/mol. The van der Waals surface area contributed by atoms with Crippen molar-refractivity contribution in [1.29, 1.82) is 0 Å². The Morgan fingerprint density at radius 1 is 0.980 bits per heavy atom. The lowest BCUT2D eigenvalue weighted by molar-refractivity contribution is -0.148. The summed E-state index contributed by atoms with van der Waals surface area (Å²) in [5, 5.41) is 10.8. The maximum Gasteiger partial charge on any atom is 0.315 e. The number of hydrogen-bond acceptors (Lipinski definition) is 7. The molecule has 3 rings (SSSR count). The van der Waals surface area contributed by atoms with Crippen molar-refractivity contribution < 1.29 is 33.6 Å². The van der Waals surface area contributed by atoms with Crippen LogP contribution in [0.25, 0.3) is 0 Å². The van der Waals surface area contributed by atoms with E-state index in [9.17, 15) is 33.6 Å². The summed E-state index contributed by atoms with van der Waals surface area (Å²) in [5.74, 6) is -4.53. The third kappa shape index (κ3) is 9.53. The third-order valence-electron chi connectivity index (χ3n) is 9.48. The smallest absolute Gasteiger partial charge is 0.315 e. The first-order valence-corrected chi connectivity index (χ1v) is 17.7. The van der Waals surface area contributed by atoms with E-state index in [1.807, 2.05) is 27.7 Å². The molecule has 0 spiro atoms. The Labute approximate surface area is 299 Å². The number of fused-ring (bicyclic) bond motifs is 1. The van der Waals surface area contributed by atoms with Crippen molar-refractivity contribution in [3.8, 4) is 0 Å². The topological polar surface area (TPSA) is 174 Å². The summed E-state index contributed by atoms with van der Waals surface area (Å²) >= 11 is 13.1. The van der Waals surface area contributed by atoms with E-state index in [1.54, 1.807) is 20.8 Å². The Kier molecular flexibility index (Phi) is 13.0. The van der Waals surface area contributed by atoms with Crippen LogP contribution in [0.4, 0.5) is 4.79 Å². The lowest BCUT2D eigenvalue weighted by Gasteiger charge is -2.39. The first kappa shape index (κ1) is 40.2. The van der Waals surface area contributed by atoms with Gasteiger partial charge in [0.05, 0.1) is 12.1 Å². The predicted octanol–water partition coefficient (Wildman–Crippen LogP) is 2.83. The van der Waals surface area contributed by atoms with E-state index in [2.05, 4.69) is 27.8 Å². The van der Waals surface area contributed by atoms with Crippen LogP contribution in [0.1, 0.15) is 87.0 Å². The van der Waals surface area contributed by atoms with E-state index in [4.69, 9.17) is 23.2 Å². The van der Waals surface area contributed by atoms with Crippen LogP contribution in [-0.2, 0) is 28.8 Å². The minimum Gasteiger partial charge on any atom is -0.346 e. The molecule has 3 aliphatic rings. The number of rotatable bonds is 14. The van der Waals surface area contributed by atoms with Gasteiger partial charge < -0.3 is 26.2 Å². The van der Waals surface area contributed by atoms with E-state index >= 15 is 0 Å². The number of amides is 7. The monoisotopic (exact) mass is 726 g/mol. The Balaban J connectivity index is 1.83. The molecular weight excluding hydrogens is 675 g/mol. The molecule has 274 valence electrons. The number of Topliss-reactive ketones (excluding diaryl/α,β-unsaturated/α-hetero) is 1. The number of piperidine rings is 2. The number of nitrogens with one attached hydrogen (secondary N) is 4. The second-order valence-electron chi connectivity index (χ2n) is 15.4. The van der Waals surface area contributed by atoms with Crippen molar-refractivity contribution in [3.63, 3.8) is 0 Å². The van der Waals surface area contributed by atoms with E-state index in [0.29, 0.717) is 19.3 Å². The van der Waals surface area contributed by atoms with Gasteiger partial charge >= 0.3 is 6.03 Å². The zero-order chi connectivity index (χ0) is 37.1. The fourth-order valence-electron chi connectivity index (χ4n) is 6.35. The first-order chi connectivity index (χ1) is 22.7. The normalized spacial score (nSPS) is 23.5. The van der Waals surface area contributed by atoms with Crippen molar-refractivity contribution in [2.75, 3.05) is 19.6 Å². The number of alkyl halides is 2. The van der Waals surface area contributed by atoms with E-state index in [0.717, 1.165) is 0 Å². The van der Waals surface area contributed by atoms with Gasteiger partial charge in [-0.25, -0.2) is 4.79 Å². The molecule has 3 fully saturated rings. The summed E-state index contributed by atoms with van der Waals surface area (Å²) in [4.78, 5) is 94.9. The molecule has 2 saturated heterocycles. The van der Waals surface area contributed by atoms with Crippen LogP contribution in [0.2, 0.25) is 0 Å². The van der Waals surface area contributed by atoms with Crippen LogP contribution < -0.4 is 21.3 Å². The maximum atomic E-state index is 14.3. The molecule has 2 aliphatic heterocycles. The number of halogens is 2. The Bertz CT molecular complexity index is 1320. The summed E-state index contributed by atoms with van der Waals surface area (Å²) in [6.45, 7) is 16.5. The highest BCUT2D eigenvalue weighted by molar-refractivity contribution is 6.51. The Morgan fingerprint density at radius 2 is 1.59 bits per heavy atom. The SMILES string of the molecule is C=CCNC(=O)C(=O)C(CCCC)NC(=O)[C@@H]1[C@@H]2[C@H](CN1C(=O)[C@@H](NC(=O)N[C@H](CN1C(=O)CCCC1=O)C(C)(C)C)C(C)(C)C)C2(Cl)Cl. The third-order valence-corrected chi connectivity index (χ3v) is 10.5. The molecule has 13 nitrogen and oxygen atoms in total. The molecule has 0 radical (unpaired) electrons. The van der Waals surface area contributed by atoms with Gasteiger partial charge in [0.25, 0.3) is 5.91 Å². The summed E-state index contributed by atoms with van der Waals surface area (Å²) in [7, 11) is 0. The van der Waals surface area contributed by atoms with Crippen molar-refractivity contribution in [2.45, 2.75) is 115 Å². The number of hydrogen-bond donors (Lipinski definition) is 4. The zero-order valence-electron chi connectivity index (χ0n) is 29.6. The Hall–Kier alpha value is -3.19. The average molecular weight is 728 g/mol. The lowest BCUT2D eigenvalue weighted by atomic mass is 9.85. The van der Waals surface area contributed by atoms with Gasteiger partial charge in [0.15, 0.2) is 0 Å². The second kappa shape index (κ2) is 15.8. The molecule has 0 aromatic heterocycles. The number of urea groups is 1. The molecule has 7 amide bonds. The van der Waals surface area contributed by atoms with Crippen LogP contribution in [0, 0.1) is 22.7 Å². The van der Waals surface area contributed by atoms with Crippen molar-refractivity contribution in [2.24, 2.45) is 22.7 Å². The standard InChI is InChI=1S/C34H52Cl2N6O7/c1-9-11-13-20(26(45)29(47)37-16-10-2)38-28(46)25-24-19(34(24,35)36)17-42(25)30(48)27(33(6,7)8)40-31(49)39-21(32(3,4)5)18-41-22(43)14-12-15-23(41)44/h10,19-21,24-25,27H,2,9,11-18H2,1,3-8H3,(H,37,47)(H,38,46)(H2,39,40,49)/t19-,20?,21+,24-,25-,27+/m0/s1. The number of ketones is 1. The highest BCUT2D eigenvalue weighted by Gasteiger charge is 2.74. The average Bonchev–Trinajstić information content (AvgIpc) is 3.31. The number of carbonyl (C=O) groups is 7. The van der Waals surface area contributed by atoms with Crippen molar-refractivity contribution in [1.82, 2.24) is 31.1 Å². The first-order valence-electron chi connectivity index (χ1n) is 17.0. The van der Waals surface area contributed by atoms with Crippen LogP contribution in [-0.4, -0.2) is 99.3 Å². The molecule has 0 aromatic rings. The number of unbranched alkanes of at least 4 members (excludes halogenated alkanes) is 1. The quantitative estimate of drug-likeness (QED) is 0.0922. The number of likely N-dealkylation sites (tertiary alicyclic amines) is 2. The lowest BCUT2D eigenvalue weighted by Crippen LogP contribution is -2.63. The highest BCUT2D eigenvalue weighted by atomic mass is 35.5. The number of nitrogens with zero attached hydrogens (tertiary/aromatic N) is 2. The molecule has 1 aliphatic carbocycles. The molecule has 1 saturated carbocycles.